The molecule has 2 rings (SSSR count). The smallest absolute Gasteiger partial charge is 0.178 e. The lowest BCUT2D eigenvalue weighted by molar-refractivity contribution is 0.955. The first-order valence-electron chi connectivity index (χ1n) is 4.23. The Labute approximate surface area is 76.2 Å². The molecule has 0 aliphatic heterocycles. The summed E-state index contributed by atoms with van der Waals surface area (Å²) in [6.45, 7) is 4.42. The molecular weight excluding hydrogens is 164 g/mol. The second-order valence-electron chi connectivity index (χ2n) is 3.17. The highest BCUT2D eigenvalue weighted by atomic mass is 15.0. The molecule has 0 atom stereocenters. The molecule has 68 valence electrons. The van der Waals surface area contributed by atoms with E-state index in [0.717, 1.165) is 28.2 Å². The quantitative estimate of drug-likeness (QED) is 0.682. The van der Waals surface area contributed by atoms with E-state index in [1.54, 1.807) is 0 Å². The molecule has 0 fully saturated rings. The van der Waals surface area contributed by atoms with E-state index in [9.17, 15) is 0 Å². The van der Waals surface area contributed by atoms with Gasteiger partial charge in [-0.15, -0.1) is 0 Å². The number of rotatable bonds is 1. The standard InChI is InChI=1S/C9H12N4/c1-5-3-6(2)11-9-8(5)12-7(4-10)13-9/h3H,4,10H2,1-2H3,(H,11,12,13). The largest absolute Gasteiger partial charge is 0.339 e. The van der Waals surface area contributed by atoms with Crippen LogP contribution < -0.4 is 5.73 Å². The van der Waals surface area contributed by atoms with Gasteiger partial charge in [-0.2, -0.15) is 0 Å². The van der Waals surface area contributed by atoms with Crippen LogP contribution in [0.4, 0.5) is 0 Å². The zero-order chi connectivity index (χ0) is 9.42. The van der Waals surface area contributed by atoms with Crippen LogP contribution in [0.25, 0.3) is 11.2 Å². The first-order chi connectivity index (χ1) is 6.20. The monoisotopic (exact) mass is 176 g/mol. The van der Waals surface area contributed by atoms with Gasteiger partial charge >= 0.3 is 0 Å². The Morgan fingerprint density at radius 3 is 2.85 bits per heavy atom. The number of pyridine rings is 1. The SMILES string of the molecule is Cc1cc(C)c2[nH]c(CN)nc2n1. The summed E-state index contributed by atoms with van der Waals surface area (Å²) in [7, 11) is 0. The lowest BCUT2D eigenvalue weighted by Gasteiger charge is -1.95. The molecule has 0 unspecified atom stereocenters. The van der Waals surface area contributed by atoms with Gasteiger partial charge in [0, 0.05) is 5.69 Å². The van der Waals surface area contributed by atoms with Crippen molar-refractivity contribution in [3.05, 3.63) is 23.1 Å². The van der Waals surface area contributed by atoms with Crippen LogP contribution in [0.1, 0.15) is 17.1 Å². The van der Waals surface area contributed by atoms with Crippen molar-refractivity contribution >= 4 is 11.2 Å². The molecule has 3 N–H and O–H groups in total. The third kappa shape index (κ3) is 1.29. The fraction of sp³-hybridized carbons (Fsp3) is 0.333. The molecule has 2 heterocycles. The number of nitrogens with one attached hydrogen (secondary N) is 1. The number of aryl methyl sites for hydroxylation is 2. The van der Waals surface area contributed by atoms with Crippen LogP contribution >= 0.6 is 0 Å². The minimum Gasteiger partial charge on any atom is -0.339 e. The predicted octanol–water partition coefficient (Wildman–Crippen LogP) is 1.03. The van der Waals surface area contributed by atoms with E-state index in [1.807, 2.05) is 19.9 Å². The maximum atomic E-state index is 5.48. The Bertz CT molecular complexity index is 444. The zero-order valence-electron chi connectivity index (χ0n) is 7.76. The Balaban J connectivity index is 2.75. The molecule has 0 spiro atoms. The normalized spacial score (nSPS) is 11.0. The molecule has 0 saturated heterocycles. The maximum absolute atomic E-state index is 5.48. The number of H-pyrrole nitrogens is 1. The van der Waals surface area contributed by atoms with Gasteiger partial charge in [-0.25, -0.2) is 9.97 Å². The minimum atomic E-state index is 0.425. The van der Waals surface area contributed by atoms with Crippen LogP contribution in [0.3, 0.4) is 0 Å². The van der Waals surface area contributed by atoms with Gasteiger partial charge in [-0.3, -0.25) is 0 Å². The molecular formula is C9H12N4. The number of hydrogen-bond acceptors (Lipinski definition) is 3. The van der Waals surface area contributed by atoms with Crippen LogP contribution in [-0.2, 0) is 6.54 Å². The number of aromatic amines is 1. The summed E-state index contributed by atoms with van der Waals surface area (Å²) in [5.74, 6) is 0.788. The van der Waals surface area contributed by atoms with Crippen molar-refractivity contribution in [3.8, 4) is 0 Å². The van der Waals surface area contributed by atoms with E-state index in [-0.39, 0.29) is 0 Å². The zero-order valence-corrected chi connectivity index (χ0v) is 7.76. The molecule has 0 radical (unpaired) electrons. The number of aromatic nitrogens is 3. The summed E-state index contributed by atoms with van der Waals surface area (Å²) >= 11 is 0. The first kappa shape index (κ1) is 8.19. The summed E-state index contributed by atoms with van der Waals surface area (Å²) in [6.07, 6.45) is 0. The highest BCUT2D eigenvalue weighted by molar-refractivity contribution is 5.74. The molecule has 0 saturated carbocycles. The molecule has 0 aliphatic carbocycles. The first-order valence-corrected chi connectivity index (χ1v) is 4.23. The second-order valence-corrected chi connectivity index (χ2v) is 3.17. The Morgan fingerprint density at radius 1 is 1.38 bits per heavy atom. The van der Waals surface area contributed by atoms with Gasteiger partial charge in [0.25, 0.3) is 0 Å². The van der Waals surface area contributed by atoms with E-state index in [4.69, 9.17) is 5.73 Å². The number of hydrogen-bond donors (Lipinski definition) is 2. The van der Waals surface area contributed by atoms with Gasteiger partial charge in [0.2, 0.25) is 0 Å². The molecule has 2 aromatic rings. The maximum Gasteiger partial charge on any atom is 0.178 e. The summed E-state index contributed by atoms with van der Waals surface area (Å²) < 4.78 is 0. The topological polar surface area (TPSA) is 67.6 Å². The van der Waals surface area contributed by atoms with Crippen LogP contribution in [0.5, 0.6) is 0 Å². The third-order valence-electron chi connectivity index (χ3n) is 2.03. The van der Waals surface area contributed by atoms with Crippen LogP contribution in [0.2, 0.25) is 0 Å². The summed E-state index contributed by atoms with van der Waals surface area (Å²) in [6, 6.07) is 2.03. The van der Waals surface area contributed by atoms with E-state index >= 15 is 0 Å². The van der Waals surface area contributed by atoms with Crippen LogP contribution in [0.15, 0.2) is 6.07 Å². The van der Waals surface area contributed by atoms with Crippen molar-refractivity contribution in [1.82, 2.24) is 15.0 Å². The van der Waals surface area contributed by atoms with Gasteiger partial charge in [0.1, 0.15) is 5.82 Å². The van der Waals surface area contributed by atoms with Gasteiger partial charge < -0.3 is 10.7 Å². The van der Waals surface area contributed by atoms with Crippen molar-refractivity contribution in [3.63, 3.8) is 0 Å². The van der Waals surface area contributed by atoms with E-state index in [1.165, 1.54) is 0 Å². The Hall–Kier alpha value is -1.42. The number of nitrogens with zero attached hydrogens (tertiary/aromatic N) is 2. The number of nitrogens with two attached hydrogens (primary N) is 1. The van der Waals surface area contributed by atoms with Crippen molar-refractivity contribution in [2.24, 2.45) is 5.73 Å². The Morgan fingerprint density at radius 2 is 2.15 bits per heavy atom. The highest BCUT2D eigenvalue weighted by Gasteiger charge is 2.05. The fourth-order valence-electron chi connectivity index (χ4n) is 1.45. The van der Waals surface area contributed by atoms with Crippen LogP contribution in [-0.4, -0.2) is 15.0 Å². The van der Waals surface area contributed by atoms with Crippen LogP contribution in [0, 0.1) is 13.8 Å². The van der Waals surface area contributed by atoms with Gasteiger partial charge in [-0.1, -0.05) is 0 Å². The molecule has 4 nitrogen and oxygen atoms in total. The van der Waals surface area contributed by atoms with Crippen molar-refractivity contribution in [2.75, 3.05) is 0 Å². The molecule has 2 aromatic heterocycles. The number of imidazole rings is 1. The molecule has 13 heavy (non-hydrogen) atoms. The predicted molar refractivity (Wildman–Crippen MR) is 51.3 cm³/mol. The second kappa shape index (κ2) is 2.81. The summed E-state index contributed by atoms with van der Waals surface area (Å²) in [4.78, 5) is 11.7. The number of fused-ring (bicyclic) bond motifs is 1. The average molecular weight is 176 g/mol. The molecule has 0 amide bonds. The third-order valence-corrected chi connectivity index (χ3v) is 2.03. The van der Waals surface area contributed by atoms with E-state index in [2.05, 4.69) is 15.0 Å². The average Bonchev–Trinajstić information content (AvgIpc) is 2.47. The van der Waals surface area contributed by atoms with Crippen molar-refractivity contribution in [1.29, 1.82) is 0 Å². The Kier molecular flexibility index (Phi) is 1.77. The molecule has 0 bridgehead atoms. The highest BCUT2D eigenvalue weighted by Crippen LogP contribution is 2.14. The molecule has 4 heteroatoms. The molecule has 0 aromatic carbocycles. The lowest BCUT2D eigenvalue weighted by atomic mass is 10.2. The lowest BCUT2D eigenvalue weighted by Crippen LogP contribution is -1.97. The fourth-order valence-corrected chi connectivity index (χ4v) is 1.45. The van der Waals surface area contributed by atoms with E-state index in [0.29, 0.717) is 6.54 Å². The van der Waals surface area contributed by atoms with Gasteiger partial charge in [0.05, 0.1) is 12.1 Å². The van der Waals surface area contributed by atoms with Crippen molar-refractivity contribution in [2.45, 2.75) is 20.4 Å². The minimum absolute atomic E-state index is 0.425. The van der Waals surface area contributed by atoms with Gasteiger partial charge in [0.15, 0.2) is 5.65 Å². The summed E-state index contributed by atoms with van der Waals surface area (Å²) in [5, 5.41) is 0. The van der Waals surface area contributed by atoms with Crippen molar-refractivity contribution < 1.29 is 0 Å². The summed E-state index contributed by atoms with van der Waals surface area (Å²) in [5.41, 5.74) is 9.38. The molecule has 0 aliphatic rings. The van der Waals surface area contributed by atoms with E-state index < -0.39 is 0 Å². The van der Waals surface area contributed by atoms with Gasteiger partial charge in [-0.05, 0) is 25.5 Å².